The van der Waals surface area contributed by atoms with Gasteiger partial charge in [-0.15, -0.1) is 0 Å². The molecular weight excluding hydrogens is 414 g/mol. The predicted molar refractivity (Wildman–Crippen MR) is 121 cm³/mol. The maximum Gasteiger partial charge on any atom is 0.244 e. The van der Waals surface area contributed by atoms with Crippen LogP contribution in [0.5, 0.6) is 11.5 Å². The molecule has 1 aliphatic rings. The summed E-state index contributed by atoms with van der Waals surface area (Å²) in [5.41, 5.74) is 3.75. The molecule has 0 fully saturated rings. The summed E-state index contributed by atoms with van der Waals surface area (Å²) in [6.07, 6.45) is 3.09. The largest absolute Gasteiger partial charge is 0.486 e. The van der Waals surface area contributed by atoms with Gasteiger partial charge < -0.3 is 14.8 Å². The number of aromatic nitrogens is 2. The first kappa shape index (κ1) is 21.0. The third kappa shape index (κ3) is 4.91. The zero-order valence-electron chi connectivity index (χ0n) is 17.5. The molecule has 3 aromatic rings. The van der Waals surface area contributed by atoms with Gasteiger partial charge in [0.15, 0.2) is 11.5 Å². The zero-order valence-corrected chi connectivity index (χ0v) is 18.2. The summed E-state index contributed by atoms with van der Waals surface area (Å²) in [6, 6.07) is 15.2. The van der Waals surface area contributed by atoms with E-state index in [2.05, 4.69) is 10.4 Å². The lowest BCUT2D eigenvalue weighted by Crippen LogP contribution is -2.40. The van der Waals surface area contributed by atoms with E-state index in [-0.39, 0.29) is 12.0 Å². The van der Waals surface area contributed by atoms with Gasteiger partial charge in [-0.2, -0.15) is 5.10 Å². The summed E-state index contributed by atoms with van der Waals surface area (Å²) in [4.78, 5) is 12.3. The van der Waals surface area contributed by atoms with Crippen molar-refractivity contribution >= 4 is 23.6 Å². The summed E-state index contributed by atoms with van der Waals surface area (Å²) >= 11 is 6.28. The number of carbonyl (C=O) groups is 1. The molecule has 0 radical (unpaired) electrons. The van der Waals surface area contributed by atoms with Gasteiger partial charge in [0.05, 0.1) is 18.8 Å². The normalized spacial score (nSPS) is 15.3. The summed E-state index contributed by atoms with van der Waals surface area (Å²) in [6.45, 7) is 5.25. The quantitative estimate of drug-likeness (QED) is 0.588. The van der Waals surface area contributed by atoms with Crippen LogP contribution < -0.4 is 14.8 Å². The average Bonchev–Trinajstić information content (AvgIpc) is 3.04. The third-order valence-electron chi connectivity index (χ3n) is 5.19. The minimum absolute atomic E-state index is 0.194. The lowest BCUT2D eigenvalue weighted by molar-refractivity contribution is -0.116. The molecule has 1 N–H and O–H groups in total. The Morgan fingerprint density at radius 2 is 1.94 bits per heavy atom. The summed E-state index contributed by atoms with van der Waals surface area (Å²) in [5.74, 6) is 1.23. The van der Waals surface area contributed by atoms with Gasteiger partial charge in [-0.1, -0.05) is 41.9 Å². The molecule has 1 aromatic heterocycles. The van der Waals surface area contributed by atoms with E-state index < -0.39 is 0 Å². The van der Waals surface area contributed by atoms with E-state index in [9.17, 15) is 4.79 Å². The molecule has 2 heterocycles. The Kier molecular flexibility index (Phi) is 6.28. The fourth-order valence-corrected chi connectivity index (χ4v) is 3.69. The molecular formula is C24H24ClN3O3. The van der Waals surface area contributed by atoms with Gasteiger partial charge in [0.25, 0.3) is 0 Å². The molecule has 4 rings (SSSR count). The van der Waals surface area contributed by atoms with Crippen molar-refractivity contribution in [2.45, 2.75) is 26.5 Å². The molecule has 31 heavy (non-hydrogen) atoms. The number of hydrogen-bond donors (Lipinski definition) is 1. The number of aryl methyl sites for hydroxylation is 1. The summed E-state index contributed by atoms with van der Waals surface area (Å²) in [7, 11) is 0. The number of carbonyl (C=O) groups excluding carboxylic acids is 1. The number of ether oxygens (including phenoxy) is 2. The van der Waals surface area contributed by atoms with Crippen molar-refractivity contribution in [3.63, 3.8) is 0 Å². The first-order chi connectivity index (χ1) is 15.0. The number of nitrogens with one attached hydrogen (secondary N) is 1. The minimum Gasteiger partial charge on any atom is -0.486 e. The number of benzene rings is 2. The van der Waals surface area contributed by atoms with E-state index >= 15 is 0 Å². The SMILES string of the molecule is Cc1nn(Cc2ccccc2Cl)c(C)c1/C=C/C(=O)NCC1COc2ccccc2O1. The van der Waals surface area contributed by atoms with Crippen LogP contribution in [0.25, 0.3) is 6.08 Å². The van der Waals surface area contributed by atoms with Crippen molar-refractivity contribution in [1.29, 1.82) is 0 Å². The van der Waals surface area contributed by atoms with Crippen molar-refractivity contribution in [2.24, 2.45) is 0 Å². The number of nitrogens with zero attached hydrogens (tertiary/aromatic N) is 2. The highest BCUT2D eigenvalue weighted by Crippen LogP contribution is 2.30. The van der Waals surface area contributed by atoms with Gasteiger partial charge in [0.2, 0.25) is 5.91 Å². The topological polar surface area (TPSA) is 65.4 Å². The number of halogens is 1. The fraction of sp³-hybridized carbons (Fsp3) is 0.250. The van der Waals surface area contributed by atoms with Crippen molar-refractivity contribution in [3.8, 4) is 11.5 Å². The maximum atomic E-state index is 12.3. The van der Waals surface area contributed by atoms with Crippen LogP contribution in [-0.4, -0.2) is 34.9 Å². The molecule has 160 valence electrons. The van der Waals surface area contributed by atoms with E-state index in [1.807, 2.05) is 67.1 Å². The third-order valence-corrected chi connectivity index (χ3v) is 5.56. The molecule has 1 unspecified atom stereocenters. The second kappa shape index (κ2) is 9.27. The Hall–Kier alpha value is -3.25. The van der Waals surface area contributed by atoms with E-state index in [4.69, 9.17) is 21.1 Å². The Balaban J connectivity index is 1.36. The Labute approximate surface area is 186 Å². The number of rotatable bonds is 6. The maximum absolute atomic E-state index is 12.3. The highest BCUT2D eigenvalue weighted by molar-refractivity contribution is 6.31. The molecule has 6 nitrogen and oxygen atoms in total. The molecule has 0 aliphatic carbocycles. The van der Waals surface area contributed by atoms with Crippen LogP contribution in [0.4, 0.5) is 0 Å². The number of para-hydroxylation sites is 2. The van der Waals surface area contributed by atoms with Gasteiger partial charge in [0.1, 0.15) is 12.7 Å². The smallest absolute Gasteiger partial charge is 0.244 e. The first-order valence-corrected chi connectivity index (χ1v) is 10.5. The van der Waals surface area contributed by atoms with Crippen LogP contribution in [0, 0.1) is 13.8 Å². The molecule has 1 amide bonds. The zero-order chi connectivity index (χ0) is 21.8. The molecule has 0 saturated carbocycles. The Morgan fingerprint density at radius 1 is 1.19 bits per heavy atom. The van der Waals surface area contributed by atoms with Gasteiger partial charge >= 0.3 is 0 Å². The Morgan fingerprint density at radius 3 is 2.74 bits per heavy atom. The lowest BCUT2D eigenvalue weighted by atomic mass is 10.1. The van der Waals surface area contributed by atoms with E-state index in [0.29, 0.717) is 30.5 Å². The van der Waals surface area contributed by atoms with E-state index in [0.717, 1.165) is 28.3 Å². The van der Waals surface area contributed by atoms with Gasteiger partial charge in [-0.25, -0.2) is 0 Å². The van der Waals surface area contributed by atoms with Gasteiger partial charge in [0, 0.05) is 22.4 Å². The highest BCUT2D eigenvalue weighted by Gasteiger charge is 2.20. The van der Waals surface area contributed by atoms with E-state index in [1.165, 1.54) is 6.08 Å². The van der Waals surface area contributed by atoms with E-state index in [1.54, 1.807) is 6.08 Å². The molecule has 0 bridgehead atoms. The van der Waals surface area contributed by atoms with Crippen molar-refractivity contribution < 1.29 is 14.3 Å². The van der Waals surface area contributed by atoms with Crippen molar-refractivity contribution in [3.05, 3.63) is 82.1 Å². The van der Waals surface area contributed by atoms with Crippen molar-refractivity contribution in [2.75, 3.05) is 13.2 Å². The summed E-state index contributed by atoms with van der Waals surface area (Å²) < 4.78 is 13.4. The molecule has 1 atom stereocenters. The average molecular weight is 438 g/mol. The van der Waals surface area contributed by atoms with Gasteiger partial charge in [-0.3, -0.25) is 9.48 Å². The van der Waals surface area contributed by atoms with Crippen LogP contribution in [0.3, 0.4) is 0 Å². The van der Waals surface area contributed by atoms with Crippen LogP contribution in [-0.2, 0) is 11.3 Å². The van der Waals surface area contributed by atoms with Crippen LogP contribution in [0.15, 0.2) is 54.6 Å². The van der Waals surface area contributed by atoms with Gasteiger partial charge in [-0.05, 0) is 43.7 Å². The molecule has 0 saturated heterocycles. The number of amides is 1. The molecule has 0 spiro atoms. The number of hydrogen-bond acceptors (Lipinski definition) is 4. The van der Waals surface area contributed by atoms with Crippen LogP contribution in [0.1, 0.15) is 22.5 Å². The molecule has 2 aromatic carbocycles. The number of fused-ring (bicyclic) bond motifs is 1. The highest BCUT2D eigenvalue weighted by atomic mass is 35.5. The lowest BCUT2D eigenvalue weighted by Gasteiger charge is -2.26. The molecule has 7 heteroatoms. The van der Waals surface area contributed by atoms with Crippen molar-refractivity contribution in [1.82, 2.24) is 15.1 Å². The molecule has 1 aliphatic heterocycles. The first-order valence-electron chi connectivity index (χ1n) is 10.1. The Bertz CT molecular complexity index is 1120. The second-order valence-corrected chi connectivity index (χ2v) is 7.82. The monoisotopic (exact) mass is 437 g/mol. The van der Waals surface area contributed by atoms with Crippen LogP contribution in [0.2, 0.25) is 5.02 Å². The minimum atomic E-state index is -0.228. The standard InChI is InChI=1S/C24H24ClN3O3/c1-16-20(17(2)28(27-16)14-18-7-3-4-8-21(18)25)11-12-24(29)26-13-19-15-30-22-9-5-6-10-23(22)31-19/h3-12,19H,13-15H2,1-2H3,(H,26,29)/b12-11+. The fourth-order valence-electron chi connectivity index (χ4n) is 3.49. The summed E-state index contributed by atoms with van der Waals surface area (Å²) in [5, 5.41) is 8.19. The second-order valence-electron chi connectivity index (χ2n) is 7.41. The predicted octanol–water partition coefficient (Wildman–Crippen LogP) is 4.17. The van der Waals surface area contributed by atoms with Crippen LogP contribution >= 0.6 is 11.6 Å².